The van der Waals surface area contributed by atoms with Crippen LogP contribution in [0.5, 0.6) is 0 Å². The molecule has 1 aliphatic rings. The van der Waals surface area contributed by atoms with Crippen molar-refractivity contribution in [2.24, 2.45) is 5.41 Å². The molecule has 1 atom stereocenters. The first-order valence-corrected chi connectivity index (χ1v) is 7.37. The average Bonchev–Trinajstić information content (AvgIpc) is 2.39. The van der Waals surface area contributed by atoms with E-state index in [4.69, 9.17) is 0 Å². The summed E-state index contributed by atoms with van der Waals surface area (Å²) in [6.45, 7) is 14.6. The molecule has 1 fully saturated rings. The van der Waals surface area contributed by atoms with E-state index in [0.29, 0.717) is 11.5 Å². The van der Waals surface area contributed by atoms with Crippen LogP contribution in [0.2, 0.25) is 0 Å². The molecule has 1 aliphatic heterocycles. The number of hydrogen-bond acceptors (Lipinski definition) is 3. The van der Waals surface area contributed by atoms with Crippen LogP contribution in [0.25, 0.3) is 0 Å². The fourth-order valence-electron chi connectivity index (χ4n) is 2.97. The van der Waals surface area contributed by atoms with E-state index in [1.54, 1.807) is 0 Å². The third kappa shape index (κ3) is 5.25. The molecular weight excluding hydrogens is 224 g/mol. The van der Waals surface area contributed by atoms with E-state index in [9.17, 15) is 5.11 Å². The molecule has 0 aromatic rings. The Bertz CT molecular complexity index is 253. The SMILES string of the molecule is CC(C)NC(C)(CO)CN1CCCC(C)(C)CC1. The summed E-state index contributed by atoms with van der Waals surface area (Å²) < 4.78 is 0. The summed E-state index contributed by atoms with van der Waals surface area (Å²) >= 11 is 0. The van der Waals surface area contributed by atoms with E-state index in [0.717, 1.165) is 13.1 Å². The first-order valence-electron chi connectivity index (χ1n) is 7.37. The first-order chi connectivity index (χ1) is 8.26. The second kappa shape index (κ2) is 6.36. The van der Waals surface area contributed by atoms with Gasteiger partial charge in [-0.05, 0) is 44.7 Å². The van der Waals surface area contributed by atoms with Gasteiger partial charge in [0.05, 0.1) is 12.1 Å². The molecule has 3 heteroatoms. The highest BCUT2D eigenvalue weighted by Crippen LogP contribution is 2.30. The maximum atomic E-state index is 9.65. The Morgan fingerprint density at radius 1 is 1.28 bits per heavy atom. The molecule has 0 spiro atoms. The molecule has 2 N–H and O–H groups in total. The van der Waals surface area contributed by atoms with Gasteiger partial charge in [0.2, 0.25) is 0 Å². The lowest BCUT2D eigenvalue weighted by Crippen LogP contribution is -2.56. The van der Waals surface area contributed by atoms with Crippen LogP contribution in [-0.2, 0) is 0 Å². The van der Waals surface area contributed by atoms with Crippen molar-refractivity contribution in [1.82, 2.24) is 10.2 Å². The largest absolute Gasteiger partial charge is 0.394 e. The van der Waals surface area contributed by atoms with E-state index >= 15 is 0 Å². The number of likely N-dealkylation sites (tertiary alicyclic amines) is 1. The molecule has 1 heterocycles. The van der Waals surface area contributed by atoms with Gasteiger partial charge in [0.1, 0.15) is 0 Å². The Labute approximate surface area is 113 Å². The van der Waals surface area contributed by atoms with E-state index < -0.39 is 0 Å². The second-order valence-corrected chi connectivity index (χ2v) is 7.31. The predicted octanol–water partition coefficient (Wildman–Crippen LogP) is 2.25. The van der Waals surface area contributed by atoms with Crippen LogP contribution in [0.1, 0.15) is 53.9 Å². The summed E-state index contributed by atoms with van der Waals surface area (Å²) in [5, 5.41) is 13.2. The van der Waals surface area contributed by atoms with E-state index in [-0.39, 0.29) is 12.1 Å². The van der Waals surface area contributed by atoms with Gasteiger partial charge < -0.3 is 15.3 Å². The summed E-state index contributed by atoms with van der Waals surface area (Å²) in [4.78, 5) is 2.51. The van der Waals surface area contributed by atoms with E-state index in [1.165, 1.54) is 25.8 Å². The number of aliphatic hydroxyl groups is 1. The summed E-state index contributed by atoms with van der Waals surface area (Å²) in [6.07, 6.45) is 3.85. The number of nitrogens with one attached hydrogen (secondary N) is 1. The highest BCUT2D eigenvalue weighted by molar-refractivity contribution is 4.89. The molecule has 108 valence electrons. The highest BCUT2D eigenvalue weighted by Gasteiger charge is 2.29. The molecule has 1 unspecified atom stereocenters. The first kappa shape index (κ1) is 15.9. The van der Waals surface area contributed by atoms with Crippen molar-refractivity contribution in [2.75, 3.05) is 26.2 Å². The van der Waals surface area contributed by atoms with Gasteiger partial charge in [-0.1, -0.05) is 27.7 Å². The molecule has 0 aromatic heterocycles. The number of hydrogen-bond donors (Lipinski definition) is 2. The van der Waals surface area contributed by atoms with Crippen LogP contribution in [-0.4, -0.2) is 47.8 Å². The fourth-order valence-corrected chi connectivity index (χ4v) is 2.97. The van der Waals surface area contributed by atoms with Gasteiger partial charge in [0.25, 0.3) is 0 Å². The lowest BCUT2D eigenvalue weighted by molar-refractivity contribution is 0.113. The van der Waals surface area contributed by atoms with Crippen LogP contribution < -0.4 is 5.32 Å². The third-order valence-corrected chi connectivity index (χ3v) is 3.99. The molecule has 0 bridgehead atoms. The van der Waals surface area contributed by atoms with E-state index in [1.807, 2.05) is 0 Å². The van der Waals surface area contributed by atoms with Crippen molar-refractivity contribution in [3.8, 4) is 0 Å². The minimum absolute atomic E-state index is 0.178. The van der Waals surface area contributed by atoms with Gasteiger partial charge in [0, 0.05) is 12.6 Å². The third-order valence-electron chi connectivity index (χ3n) is 3.99. The van der Waals surface area contributed by atoms with E-state index in [2.05, 4.69) is 44.8 Å². The minimum atomic E-state index is -0.178. The van der Waals surface area contributed by atoms with Crippen molar-refractivity contribution in [1.29, 1.82) is 0 Å². The average molecular weight is 256 g/mol. The minimum Gasteiger partial charge on any atom is -0.394 e. The monoisotopic (exact) mass is 256 g/mol. The lowest BCUT2D eigenvalue weighted by atomic mass is 9.85. The molecule has 1 saturated heterocycles. The Balaban J connectivity index is 2.54. The number of nitrogens with zero attached hydrogens (tertiary/aromatic N) is 1. The smallest absolute Gasteiger partial charge is 0.0623 e. The topological polar surface area (TPSA) is 35.5 Å². The molecule has 1 rings (SSSR count). The molecule has 18 heavy (non-hydrogen) atoms. The lowest BCUT2D eigenvalue weighted by Gasteiger charge is -2.36. The molecule has 0 saturated carbocycles. The fraction of sp³-hybridized carbons (Fsp3) is 1.00. The van der Waals surface area contributed by atoms with Crippen molar-refractivity contribution < 1.29 is 5.11 Å². The Morgan fingerprint density at radius 3 is 2.50 bits per heavy atom. The summed E-state index contributed by atoms with van der Waals surface area (Å²) in [5.74, 6) is 0. The Morgan fingerprint density at radius 2 is 1.94 bits per heavy atom. The normalized spacial score (nSPS) is 24.8. The van der Waals surface area contributed by atoms with Gasteiger partial charge in [0.15, 0.2) is 0 Å². The van der Waals surface area contributed by atoms with Crippen LogP contribution >= 0.6 is 0 Å². The zero-order valence-corrected chi connectivity index (χ0v) is 12.9. The number of aliphatic hydroxyl groups excluding tert-OH is 1. The van der Waals surface area contributed by atoms with Gasteiger partial charge in [-0.2, -0.15) is 0 Å². The Hall–Kier alpha value is -0.120. The van der Waals surface area contributed by atoms with Gasteiger partial charge in [-0.15, -0.1) is 0 Å². The van der Waals surface area contributed by atoms with Crippen LogP contribution in [0.3, 0.4) is 0 Å². The van der Waals surface area contributed by atoms with Gasteiger partial charge in [-0.3, -0.25) is 0 Å². The number of rotatable bonds is 5. The maximum absolute atomic E-state index is 9.65. The molecule has 0 aliphatic carbocycles. The van der Waals surface area contributed by atoms with Crippen molar-refractivity contribution in [2.45, 2.75) is 65.5 Å². The van der Waals surface area contributed by atoms with Crippen molar-refractivity contribution in [3.63, 3.8) is 0 Å². The summed E-state index contributed by atoms with van der Waals surface area (Å²) in [5.41, 5.74) is 0.304. The molecule has 0 radical (unpaired) electrons. The standard InChI is InChI=1S/C15H32N2O/c1-13(2)16-15(5,12-18)11-17-9-6-7-14(3,4)8-10-17/h13,16,18H,6-12H2,1-5H3. The van der Waals surface area contributed by atoms with Gasteiger partial charge in [-0.25, -0.2) is 0 Å². The Kier molecular flexibility index (Phi) is 5.63. The van der Waals surface area contributed by atoms with Gasteiger partial charge >= 0.3 is 0 Å². The molecular formula is C15H32N2O. The molecule has 0 aromatic carbocycles. The van der Waals surface area contributed by atoms with Crippen LogP contribution in [0.4, 0.5) is 0 Å². The quantitative estimate of drug-likeness (QED) is 0.792. The van der Waals surface area contributed by atoms with Crippen LogP contribution in [0, 0.1) is 5.41 Å². The summed E-state index contributed by atoms with van der Waals surface area (Å²) in [7, 11) is 0. The summed E-state index contributed by atoms with van der Waals surface area (Å²) in [6, 6.07) is 0.408. The van der Waals surface area contributed by atoms with Crippen LogP contribution in [0.15, 0.2) is 0 Å². The highest BCUT2D eigenvalue weighted by atomic mass is 16.3. The van der Waals surface area contributed by atoms with Crippen molar-refractivity contribution in [3.05, 3.63) is 0 Å². The maximum Gasteiger partial charge on any atom is 0.0623 e. The zero-order valence-electron chi connectivity index (χ0n) is 12.9. The zero-order chi connectivity index (χ0) is 13.8. The molecule has 0 amide bonds. The predicted molar refractivity (Wildman–Crippen MR) is 77.8 cm³/mol. The second-order valence-electron chi connectivity index (χ2n) is 7.31. The van der Waals surface area contributed by atoms with Crippen molar-refractivity contribution >= 4 is 0 Å². The molecule has 3 nitrogen and oxygen atoms in total.